The molecule has 0 N–H and O–H groups in total. The van der Waals surface area contributed by atoms with E-state index in [0.717, 1.165) is 10.0 Å². The highest BCUT2D eigenvalue weighted by atomic mass is 79.9. The Morgan fingerprint density at radius 3 is 2.75 bits per heavy atom. The van der Waals surface area contributed by atoms with E-state index in [1.807, 2.05) is 26.8 Å². The van der Waals surface area contributed by atoms with E-state index in [4.69, 9.17) is 4.74 Å². The van der Waals surface area contributed by atoms with Gasteiger partial charge in [0.05, 0.1) is 6.10 Å². The molecule has 0 aromatic carbocycles. The Labute approximate surface area is 81.1 Å². The average molecular weight is 230 g/mol. The van der Waals surface area contributed by atoms with Gasteiger partial charge in [-0.05, 0) is 26.8 Å². The quantitative estimate of drug-likeness (QED) is 0.779. The van der Waals surface area contributed by atoms with Gasteiger partial charge in [0.2, 0.25) is 5.88 Å². The fourth-order valence-corrected chi connectivity index (χ4v) is 1.12. The van der Waals surface area contributed by atoms with Gasteiger partial charge in [0.15, 0.2) is 0 Å². The maximum absolute atomic E-state index is 5.48. The number of nitrogens with zero attached hydrogens (tertiary/aromatic N) is 1. The molecule has 3 heteroatoms. The Bertz CT molecular complexity index is 273. The summed E-state index contributed by atoms with van der Waals surface area (Å²) in [5.41, 5.74) is 1.05. The predicted octanol–water partition coefficient (Wildman–Crippen LogP) is 2.94. The van der Waals surface area contributed by atoms with Crippen molar-refractivity contribution in [2.75, 3.05) is 0 Å². The van der Waals surface area contributed by atoms with Crippen molar-refractivity contribution in [3.8, 4) is 5.88 Å². The zero-order valence-corrected chi connectivity index (χ0v) is 9.05. The predicted molar refractivity (Wildman–Crippen MR) is 52.4 cm³/mol. The molecule has 0 aliphatic rings. The zero-order chi connectivity index (χ0) is 9.14. The summed E-state index contributed by atoms with van der Waals surface area (Å²) in [5.74, 6) is 0.708. The number of hydrogen-bond donors (Lipinski definition) is 0. The lowest BCUT2D eigenvalue weighted by Gasteiger charge is -2.11. The van der Waals surface area contributed by atoms with Gasteiger partial charge in [0.1, 0.15) is 0 Å². The van der Waals surface area contributed by atoms with Crippen molar-refractivity contribution in [2.45, 2.75) is 26.9 Å². The van der Waals surface area contributed by atoms with Crippen LogP contribution in [0.25, 0.3) is 0 Å². The summed E-state index contributed by atoms with van der Waals surface area (Å²) in [6.07, 6.45) is 1.90. The summed E-state index contributed by atoms with van der Waals surface area (Å²) in [5, 5.41) is 0. The minimum absolute atomic E-state index is 0.172. The normalized spacial score (nSPS) is 10.4. The van der Waals surface area contributed by atoms with Gasteiger partial charge in [0.25, 0.3) is 0 Å². The van der Waals surface area contributed by atoms with Crippen molar-refractivity contribution in [3.05, 3.63) is 22.3 Å². The lowest BCUT2D eigenvalue weighted by molar-refractivity contribution is 0.230. The third-order valence-electron chi connectivity index (χ3n) is 1.44. The Balaban J connectivity index is 2.92. The molecule has 1 rings (SSSR count). The molecule has 0 unspecified atom stereocenters. The molecule has 0 radical (unpaired) electrons. The van der Waals surface area contributed by atoms with E-state index in [1.165, 1.54) is 0 Å². The van der Waals surface area contributed by atoms with E-state index < -0.39 is 0 Å². The average Bonchev–Trinajstić information content (AvgIpc) is 1.98. The molecule has 0 saturated carbocycles. The monoisotopic (exact) mass is 229 g/mol. The van der Waals surface area contributed by atoms with Crippen LogP contribution in [-0.2, 0) is 0 Å². The first kappa shape index (κ1) is 9.52. The lowest BCUT2D eigenvalue weighted by Crippen LogP contribution is -2.08. The van der Waals surface area contributed by atoms with Crippen molar-refractivity contribution in [1.82, 2.24) is 4.98 Å². The van der Waals surface area contributed by atoms with E-state index in [1.54, 1.807) is 6.20 Å². The summed E-state index contributed by atoms with van der Waals surface area (Å²) >= 11 is 3.42. The largest absolute Gasteiger partial charge is 0.475 e. The molecular formula is C9H12BrNO. The van der Waals surface area contributed by atoms with Gasteiger partial charge in [-0.1, -0.05) is 15.9 Å². The molecule has 12 heavy (non-hydrogen) atoms. The first-order valence-electron chi connectivity index (χ1n) is 3.89. The van der Waals surface area contributed by atoms with Crippen LogP contribution in [0, 0.1) is 6.92 Å². The minimum atomic E-state index is 0.172. The summed E-state index contributed by atoms with van der Waals surface area (Å²) in [6, 6.07) is 1.91. The molecule has 1 aromatic heterocycles. The number of pyridine rings is 1. The van der Waals surface area contributed by atoms with Gasteiger partial charge >= 0.3 is 0 Å². The van der Waals surface area contributed by atoms with Gasteiger partial charge in [-0.15, -0.1) is 0 Å². The molecule has 0 fully saturated rings. The van der Waals surface area contributed by atoms with E-state index >= 15 is 0 Å². The maximum atomic E-state index is 5.48. The number of hydrogen-bond acceptors (Lipinski definition) is 2. The van der Waals surface area contributed by atoms with Crippen LogP contribution in [0.4, 0.5) is 0 Å². The Morgan fingerprint density at radius 1 is 1.50 bits per heavy atom. The van der Waals surface area contributed by atoms with Crippen molar-refractivity contribution in [1.29, 1.82) is 0 Å². The number of rotatable bonds is 2. The molecule has 0 atom stereocenters. The third-order valence-corrected chi connectivity index (χ3v) is 2.30. The smallest absolute Gasteiger partial charge is 0.217 e. The van der Waals surface area contributed by atoms with Crippen LogP contribution in [0.3, 0.4) is 0 Å². The Hall–Kier alpha value is -0.570. The molecule has 0 spiro atoms. The lowest BCUT2D eigenvalue weighted by atomic mass is 10.3. The van der Waals surface area contributed by atoms with Gasteiger partial charge in [-0.2, -0.15) is 0 Å². The highest BCUT2D eigenvalue weighted by molar-refractivity contribution is 9.10. The highest BCUT2D eigenvalue weighted by Gasteiger charge is 2.05. The molecule has 0 aliphatic heterocycles. The van der Waals surface area contributed by atoms with E-state index in [9.17, 15) is 0 Å². The number of halogens is 1. The molecule has 1 aromatic rings. The van der Waals surface area contributed by atoms with Crippen LogP contribution in [-0.4, -0.2) is 11.1 Å². The molecule has 66 valence electrons. The second kappa shape index (κ2) is 3.90. The zero-order valence-electron chi connectivity index (χ0n) is 7.47. The second-order valence-electron chi connectivity index (χ2n) is 2.89. The van der Waals surface area contributed by atoms with Gasteiger partial charge in [-0.3, -0.25) is 0 Å². The van der Waals surface area contributed by atoms with Crippen LogP contribution in [0.5, 0.6) is 5.88 Å². The first-order valence-corrected chi connectivity index (χ1v) is 4.68. The van der Waals surface area contributed by atoms with Crippen LogP contribution in [0.2, 0.25) is 0 Å². The fraction of sp³-hybridized carbons (Fsp3) is 0.444. The van der Waals surface area contributed by atoms with Gasteiger partial charge in [0, 0.05) is 16.2 Å². The molecule has 0 saturated heterocycles. The maximum Gasteiger partial charge on any atom is 0.217 e. The summed E-state index contributed by atoms with van der Waals surface area (Å²) < 4.78 is 6.52. The van der Waals surface area contributed by atoms with E-state index in [0.29, 0.717) is 5.88 Å². The minimum Gasteiger partial charge on any atom is -0.475 e. The van der Waals surface area contributed by atoms with Crippen LogP contribution in [0.1, 0.15) is 19.4 Å². The van der Waals surface area contributed by atoms with Crippen molar-refractivity contribution >= 4 is 15.9 Å². The standard InChI is InChI=1S/C9H12BrNO/c1-6(2)12-9-7(3)8(10)4-5-11-9/h4-6H,1-3H3. The topological polar surface area (TPSA) is 22.1 Å². The molecule has 0 aliphatic carbocycles. The SMILES string of the molecule is Cc1c(Br)ccnc1OC(C)C. The van der Waals surface area contributed by atoms with Gasteiger partial charge in [-0.25, -0.2) is 4.98 Å². The Kier molecular flexibility index (Phi) is 3.09. The number of aromatic nitrogens is 1. The highest BCUT2D eigenvalue weighted by Crippen LogP contribution is 2.23. The summed E-state index contributed by atoms with van der Waals surface area (Å²) in [7, 11) is 0. The van der Waals surface area contributed by atoms with Crippen LogP contribution in [0.15, 0.2) is 16.7 Å². The van der Waals surface area contributed by atoms with Crippen molar-refractivity contribution in [3.63, 3.8) is 0 Å². The molecular weight excluding hydrogens is 218 g/mol. The van der Waals surface area contributed by atoms with Crippen LogP contribution < -0.4 is 4.74 Å². The fourth-order valence-electron chi connectivity index (χ4n) is 0.836. The van der Waals surface area contributed by atoms with Crippen molar-refractivity contribution in [2.24, 2.45) is 0 Å². The summed E-state index contributed by atoms with van der Waals surface area (Å²) in [6.45, 7) is 5.96. The van der Waals surface area contributed by atoms with E-state index in [-0.39, 0.29) is 6.10 Å². The summed E-state index contributed by atoms with van der Waals surface area (Å²) in [4.78, 5) is 4.13. The molecule has 0 amide bonds. The first-order chi connectivity index (χ1) is 5.61. The molecule has 0 bridgehead atoms. The number of ether oxygens (including phenoxy) is 1. The molecule has 2 nitrogen and oxygen atoms in total. The third kappa shape index (κ3) is 2.21. The second-order valence-corrected chi connectivity index (χ2v) is 3.74. The van der Waals surface area contributed by atoms with E-state index in [2.05, 4.69) is 20.9 Å². The van der Waals surface area contributed by atoms with Crippen molar-refractivity contribution < 1.29 is 4.74 Å². The Morgan fingerprint density at radius 2 is 2.17 bits per heavy atom. The van der Waals surface area contributed by atoms with Crippen LogP contribution >= 0.6 is 15.9 Å². The molecule has 1 heterocycles. The van der Waals surface area contributed by atoms with Gasteiger partial charge < -0.3 is 4.74 Å².